The lowest BCUT2D eigenvalue weighted by Gasteiger charge is -2.20. The molecule has 1 heterocycles. The highest BCUT2D eigenvalue weighted by atomic mass is 15.1. The first-order chi connectivity index (χ1) is 10.2. The van der Waals surface area contributed by atoms with Gasteiger partial charge in [0.15, 0.2) is 0 Å². The molecule has 0 amide bonds. The molecule has 0 bridgehead atoms. The number of aryl methyl sites for hydroxylation is 1. The Morgan fingerprint density at radius 3 is 2.82 bits per heavy atom. The maximum Gasteiger partial charge on any atom is 0.0926 e. The summed E-state index contributed by atoms with van der Waals surface area (Å²) in [5, 5.41) is 11.9. The number of allylic oxidation sites excluding steroid dienone is 4. The zero-order valence-corrected chi connectivity index (χ0v) is 12.8. The predicted molar refractivity (Wildman–Crippen MR) is 97.3 cm³/mol. The molecule has 0 aliphatic rings. The number of rotatable bonds is 7. The summed E-state index contributed by atoms with van der Waals surface area (Å²) in [7, 11) is 1.98. The number of H-pyrrole nitrogens is 1. The van der Waals surface area contributed by atoms with Crippen LogP contribution in [0, 0.1) is 6.92 Å². The lowest BCUT2D eigenvalue weighted by Crippen LogP contribution is -2.13. The van der Waals surface area contributed by atoms with Gasteiger partial charge < -0.3 is 5.32 Å². The second-order valence-corrected chi connectivity index (χ2v) is 5.14. The van der Waals surface area contributed by atoms with E-state index in [4.69, 9.17) is 0 Å². The summed E-state index contributed by atoms with van der Waals surface area (Å²) in [4.78, 5) is 0. The van der Waals surface area contributed by atoms with Crippen molar-refractivity contribution in [2.24, 2.45) is 0 Å². The van der Waals surface area contributed by atoms with Crippen molar-refractivity contribution in [3.63, 3.8) is 0 Å². The van der Waals surface area contributed by atoms with Crippen molar-refractivity contribution < 1.29 is 0 Å². The molecule has 0 saturated carbocycles. The molecule has 0 aliphatic carbocycles. The number of nitrogens with one attached hydrogen (secondary N) is 2. The molecule has 1 aromatic carbocycles. The Morgan fingerprint density at radius 1 is 1.41 bits per heavy atom. The summed E-state index contributed by atoms with van der Waals surface area (Å²) < 4.78 is 0. The number of benzene rings is 1. The molecule has 0 aliphatic heterocycles. The second kappa shape index (κ2) is 8.35. The molecule has 2 aromatic rings. The van der Waals surface area contributed by atoms with Crippen molar-refractivity contribution in [1.29, 1.82) is 0 Å². The fourth-order valence-electron chi connectivity index (χ4n) is 2.80. The van der Waals surface area contributed by atoms with Crippen LogP contribution in [0.4, 0.5) is 0 Å². The van der Waals surface area contributed by atoms with Gasteiger partial charge in [0.05, 0.1) is 5.52 Å². The Kier molecular flexibility index (Phi) is 6.80. The van der Waals surface area contributed by atoms with Crippen LogP contribution in [0.25, 0.3) is 10.9 Å². The average molecular weight is 297 g/mol. The Bertz CT molecular complexity index is 664. The minimum Gasteiger partial charge on any atom is -0.320 e. The highest BCUT2D eigenvalue weighted by molar-refractivity contribution is 5.85. The highest BCUT2D eigenvalue weighted by Crippen LogP contribution is 2.34. The normalized spacial score (nSPS) is 12.7. The third-order valence-electron chi connectivity index (χ3n) is 3.80. The molecule has 0 saturated heterocycles. The summed E-state index contributed by atoms with van der Waals surface area (Å²) in [6.07, 6.45) is 6.80. The van der Waals surface area contributed by atoms with Crippen LogP contribution in [0.2, 0.25) is 0 Å². The zero-order valence-electron chi connectivity index (χ0n) is 12.8. The third-order valence-corrected chi connectivity index (χ3v) is 3.80. The van der Waals surface area contributed by atoms with Gasteiger partial charge >= 0.3 is 0 Å². The zero-order chi connectivity index (χ0) is 15.2. The molecule has 0 fully saturated rings. The maximum atomic E-state index is 4.37. The van der Waals surface area contributed by atoms with E-state index in [2.05, 4.69) is 47.7 Å². The monoisotopic (exact) mass is 297 g/mol. The summed E-state index contributed by atoms with van der Waals surface area (Å²) in [6.45, 7) is 10.8. The van der Waals surface area contributed by atoms with Crippen LogP contribution in [0.15, 0.2) is 55.2 Å². The van der Waals surface area contributed by atoms with Crippen LogP contribution in [0.3, 0.4) is 0 Å². The Hall–Kier alpha value is -2.13. The van der Waals surface area contributed by atoms with Gasteiger partial charge in [0, 0.05) is 17.0 Å². The average Bonchev–Trinajstić information content (AvgIpc) is 2.88. The third kappa shape index (κ3) is 3.55. The molecule has 0 spiro atoms. The topological polar surface area (TPSA) is 40.7 Å². The Morgan fingerprint density at radius 2 is 2.18 bits per heavy atom. The Balaban J connectivity index is 0.00000242. The van der Waals surface area contributed by atoms with Gasteiger partial charge in [0.2, 0.25) is 0 Å². The van der Waals surface area contributed by atoms with E-state index in [9.17, 15) is 0 Å². The quantitative estimate of drug-likeness (QED) is 0.739. The van der Waals surface area contributed by atoms with Crippen LogP contribution in [0.5, 0.6) is 0 Å². The van der Waals surface area contributed by atoms with Gasteiger partial charge in [-0.05, 0) is 44.1 Å². The van der Waals surface area contributed by atoms with Crippen molar-refractivity contribution in [3.05, 3.63) is 66.4 Å². The first-order valence-electron chi connectivity index (χ1n) is 7.26. The van der Waals surface area contributed by atoms with Crippen molar-refractivity contribution >= 4 is 10.9 Å². The van der Waals surface area contributed by atoms with Crippen LogP contribution in [0.1, 0.15) is 31.0 Å². The molecule has 1 aromatic heterocycles. The molecular formula is C19H27N3. The lowest BCUT2D eigenvalue weighted by molar-refractivity contribution is 0.664. The second-order valence-electron chi connectivity index (χ2n) is 5.14. The van der Waals surface area contributed by atoms with Gasteiger partial charge in [-0.3, -0.25) is 5.10 Å². The first kappa shape index (κ1) is 17.9. The van der Waals surface area contributed by atoms with E-state index in [-0.39, 0.29) is 13.3 Å². The molecule has 118 valence electrons. The van der Waals surface area contributed by atoms with Gasteiger partial charge in [-0.2, -0.15) is 5.10 Å². The minimum atomic E-state index is 0. The first-order valence-corrected chi connectivity index (χ1v) is 7.26. The van der Waals surface area contributed by atoms with Crippen LogP contribution < -0.4 is 5.32 Å². The largest absolute Gasteiger partial charge is 0.320 e. The van der Waals surface area contributed by atoms with Crippen molar-refractivity contribution in [1.82, 2.24) is 15.5 Å². The number of nitrogens with zero attached hydrogens (tertiary/aromatic N) is 1. The van der Waals surface area contributed by atoms with Gasteiger partial charge in [-0.25, -0.2) is 0 Å². The molecule has 3 heteroatoms. The van der Waals surface area contributed by atoms with Crippen molar-refractivity contribution in [3.8, 4) is 0 Å². The van der Waals surface area contributed by atoms with Crippen LogP contribution in [-0.2, 0) is 0 Å². The fraction of sp³-hybridized carbons (Fsp3) is 0.316. The number of aromatic nitrogens is 2. The van der Waals surface area contributed by atoms with E-state index in [1.165, 1.54) is 16.5 Å². The minimum absolute atomic E-state index is 0. The van der Waals surface area contributed by atoms with E-state index in [1.807, 2.05) is 31.3 Å². The molecule has 22 heavy (non-hydrogen) atoms. The smallest absolute Gasteiger partial charge is 0.0926 e. The van der Waals surface area contributed by atoms with E-state index in [0.29, 0.717) is 0 Å². The lowest BCUT2D eigenvalue weighted by atomic mass is 9.85. The van der Waals surface area contributed by atoms with Crippen LogP contribution >= 0.6 is 0 Å². The highest BCUT2D eigenvalue weighted by Gasteiger charge is 2.18. The van der Waals surface area contributed by atoms with E-state index < -0.39 is 0 Å². The fourth-order valence-corrected chi connectivity index (χ4v) is 2.80. The van der Waals surface area contributed by atoms with Gasteiger partial charge in [-0.1, -0.05) is 50.9 Å². The molecule has 1 atom stereocenters. The van der Waals surface area contributed by atoms with Gasteiger partial charge in [0.1, 0.15) is 0 Å². The molecule has 2 rings (SSSR count). The molecule has 2 N–H and O–H groups in total. The van der Waals surface area contributed by atoms with Crippen molar-refractivity contribution in [2.45, 2.75) is 26.7 Å². The molecule has 3 nitrogen and oxygen atoms in total. The van der Waals surface area contributed by atoms with Gasteiger partial charge in [0.25, 0.3) is 0 Å². The molecular weight excluding hydrogens is 270 g/mol. The van der Waals surface area contributed by atoms with Crippen LogP contribution in [-0.4, -0.2) is 23.8 Å². The summed E-state index contributed by atoms with van der Waals surface area (Å²) in [6, 6.07) is 6.30. The van der Waals surface area contributed by atoms with E-state index >= 15 is 0 Å². The number of fused-ring (bicyclic) bond motifs is 1. The molecule has 1 unspecified atom stereocenters. The number of hydrogen-bond acceptors (Lipinski definition) is 2. The van der Waals surface area contributed by atoms with Crippen molar-refractivity contribution in [2.75, 3.05) is 13.6 Å². The predicted octanol–water partition coefficient (Wildman–Crippen LogP) is 4.50. The molecule has 0 radical (unpaired) electrons. The standard InChI is InChI=1S/C18H23N3.CH4/c1-5-8-14(6-2)15(11-12-19-4)16-9-7-10-17-18(16)13(3)20-21-17;/h5-10,15,19H,1-2,11-12H2,3-4H3,(H,20,21);1H4/b14-8+;. The summed E-state index contributed by atoms with van der Waals surface area (Å²) in [5.41, 5.74) is 4.61. The maximum absolute atomic E-state index is 4.37. The summed E-state index contributed by atoms with van der Waals surface area (Å²) in [5.74, 6) is 0.285. The SMILES string of the molecule is C.C=C/C=C(\C=C)C(CCNC)c1cccc2n[nH]c(C)c12. The van der Waals surface area contributed by atoms with Gasteiger partial charge in [-0.15, -0.1) is 0 Å². The number of hydrogen-bond donors (Lipinski definition) is 2. The van der Waals surface area contributed by atoms with E-state index in [1.54, 1.807) is 0 Å². The number of aromatic amines is 1. The summed E-state index contributed by atoms with van der Waals surface area (Å²) >= 11 is 0. The van der Waals surface area contributed by atoms with E-state index in [0.717, 1.165) is 24.2 Å². The Labute approximate surface area is 133 Å².